The van der Waals surface area contributed by atoms with Gasteiger partial charge in [-0.1, -0.05) is 84.1 Å². The van der Waals surface area contributed by atoms with Crippen molar-refractivity contribution in [1.82, 2.24) is 19.9 Å². The van der Waals surface area contributed by atoms with Crippen LogP contribution in [0.1, 0.15) is 153 Å². The summed E-state index contributed by atoms with van der Waals surface area (Å²) in [6.07, 6.45) is 34.1. The molecule has 0 saturated carbocycles. The molecule has 0 N–H and O–H groups in total. The van der Waals surface area contributed by atoms with E-state index in [0.29, 0.717) is 26.4 Å². The van der Waals surface area contributed by atoms with E-state index in [1.54, 1.807) is 0 Å². The Labute approximate surface area is 373 Å². The second-order valence-electron chi connectivity index (χ2n) is 16.6. The zero-order valence-corrected chi connectivity index (χ0v) is 38.0. The van der Waals surface area contributed by atoms with E-state index in [-0.39, 0.29) is 0 Å². The number of unbranched alkanes of at least 4 members (excludes halogenated alkanes) is 16. The summed E-state index contributed by atoms with van der Waals surface area (Å²) >= 11 is 0. The van der Waals surface area contributed by atoms with Crippen molar-refractivity contribution in [1.29, 1.82) is 0 Å². The first-order valence-electron chi connectivity index (χ1n) is 24.1. The smallest absolute Gasteiger partial charge is 0.159 e. The van der Waals surface area contributed by atoms with Crippen LogP contribution in [0.5, 0.6) is 23.0 Å². The molecule has 0 fully saturated rings. The van der Waals surface area contributed by atoms with Crippen LogP contribution in [0.25, 0.3) is 22.8 Å². The van der Waals surface area contributed by atoms with Gasteiger partial charge in [-0.25, -0.2) is 19.9 Å². The number of hydrogen-bond donors (Lipinski definition) is 0. The molecule has 0 saturated heterocycles. The first-order chi connectivity index (χ1) is 30.7. The summed E-state index contributed by atoms with van der Waals surface area (Å²) < 4.78 is 24.1. The predicted octanol–water partition coefficient (Wildman–Crippen LogP) is 14.4. The molecule has 62 heavy (non-hydrogen) atoms. The molecule has 0 unspecified atom stereocenters. The number of rotatable bonds is 34. The predicted molar refractivity (Wildman–Crippen MR) is 254 cm³/mol. The van der Waals surface area contributed by atoms with Gasteiger partial charge in [-0.3, -0.25) is 0 Å². The molecular formula is C54H74N4O4. The summed E-state index contributed by atoms with van der Waals surface area (Å²) in [5.74, 6) is 5.01. The van der Waals surface area contributed by atoms with Crippen LogP contribution in [-0.2, 0) is 12.8 Å². The second kappa shape index (κ2) is 30.1. The third-order valence-corrected chi connectivity index (χ3v) is 11.2. The van der Waals surface area contributed by atoms with Crippen molar-refractivity contribution in [3.05, 3.63) is 109 Å². The molecule has 2 aromatic heterocycles. The minimum absolute atomic E-state index is 0.696. The third kappa shape index (κ3) is 19.4. The average molecular weight is 843 g/mol. The molecule has 5 aromatic rings. The summed E-state index contributed by atoms with van der Waals surface area (Å²) in [5.41, 5.74) is 4.47. The lowest BCUT2D eigenvalue weighted by atomic mass is 10.1. The highest BCUT2D eigenvalue weighted by atomic mass is 16.5. The Balaban J connectivity index is 0.835. The summed E-state index contributed by atoms with van der Waals surface area (Å²) in [5, 5.41) is 0. The maximum Gasteiger partial charge on any atom is 0.159 e. The molecule has 0 aliphatic carbocycles. The summed E-state index contributed by atoms with van der Waals surface area (Å²) in [6.45, 7) is 7.32. The first kappa shape index (κ1) is 48.1. The molecule has 0 atom stereocenters. The monoisotopic (exact) mass is 843 g/mol. The second-order valence-corrected chi connectivity index (χ2v) is 16.6. The Morgan fingerprint density at radius 1 is 0.339 bits per heavy atom. The van der Waals surface area contributed by atoms with Crippen LogP contribution in [0.2, 0.25) is 0 Å². The molecular weight excluding hydrogens is 769 g/mol. The third-order valence-electron chi connectivity index (χ3n) is 11.2. The number of benzene rings is 3. The fourth-order valence-electron chi connectivity index (χ4n) is 7.41. The number of aryl methyl sites for hydroxylation is 2. The Bertz CT molecular complexity index is 1730. The minimum Gasteiger partial charge on any atom is -0.494 e. The van der Waals surface area contributed by atoms with Gasteiger partial charge in [0.1, 0.15) is 23.0 Å². The summed E-state index contributed by atoms with van der Waals surface area (Å²) in [7, 11) is 0. The maximum absolute atomic E-state index is 6.03. The Hall–Kier alpha value is -4.98. The van der Waals surface area contributed by atoms with Gasteiger partial charge in [0.2, 0.25) is 0 Å². The lowest BCUT2D eigenvalue weighted by Gasteiger charge is -2.10. The van der Waals surface area contributed by atoms with Gasteiger partial charge in [0, 0.05) is 42.0 Å². The fourth-order valence-corrected chi connectivity index (χ4v) is 7.41. The minimum atomic E-state index is 0.696. The number of nitrogens with zero attached hydrogens (tertiary/aromatic N) is 4. The maximum atomic E-state index is 6.03. The van der Waals surface area contributed by atoms with Crippen molar-refractivity contribution in [2.75, 3.05) is 26.4 Å². The number of hydrogen-bond acceptors (Lipinski definition) is 8. The van der Waals surface area contributed by atoms with Gasteiger partial charge < -0.3 is 18.9 Å². The molecule has 8 heteroatoms. The van der Waals surface area contributed by atoms with Gasteiger partial charge in [-0.2, -0.15) is 0 Å². The fraction of sp³-hybridized carbons (Fsp3) is 0.519. The Kier molecular flexibility index (Phi) is 23.4. The van der Waals surface area contributed by atoms with E-state index >= 15 is 0 Å². The van der Waals surface area contributed by atoms with Gasteiger partial charge in [0.05, 0.1) is 26.4 Å². The van der Waals surface area contributed by atoms with Crippen LogP contribution in [0, 0.1) is 0 Å². The molecule has 0 bridgehead atoms. The quantitative estimate of drug-likeness (QED) is 0.0378. The molecule has 3 aromatic carbocycles. The summed E-state index contributed by atoms with van der Waals surface area (Å²) in [4.78, 5) is 18.5. The molecule has 0 aliphatic heterocycles. The highest BCUT2D eigenvalue weighted by molar-refractivity contribution is 5.56. The van der Waals surface area contributed by atoms with Crippen LogP contribution in [-0.4, -0.2) is 46.4 Å². The normalized spacial score (nSPS) is 11.1. The Morgan fingerprint density at radius 3 is 1.03 bits per heavy atom. The van der Waals surface area contributed by atoms with Crippen molar-refractivity contribution < 1.29 is 18.9 Å². The average Bonchev–Trinajstić information content (AvgIpc) is 3.31. The van der Waals surface area contributed by atoms with Gasteiger partial charge in [-0.05, 0) is 149 Å². The molecule has 2 heterocycles. The van der Waals surface area contributed by atoms with Crippen LogP contribution < -0.4 is 18.9 Å². The van der Waals surface area contributed by atoms with E-state index in [4.69, 9.17) is 18.9 Å². The van der Waals surface area contributed by atoms with Crippen molar-refractivity contribution in [3.63, 3.8) is 0 Å². The van der Waals surface area contributed by atoms with Gasteiger partial charge >= 0.3 is 0 Å². The van der Waals surface area contributed by atoms with E-state index in [9.17, 15) is 0 Å². The highest BCUT2D eigenvalue weighted by Crippen LogP contribution is 2.23. The molecule has 334 valence electrons. The van der Waals surface area contributed by atoms with E-state index in [0.717, 1.165) is 110 Å². The van der Waals surface area contributed by atoms with Crippen LogP contribution in [0.4, 0.5) is 0 Å². The van der Waals surface area contributed by atoms with Gasteiger partial charge in [0.25, 0.3) is 0 Å². The Morgan fingerprint density at radius 2 is 0.661 bits per heavy atom. The lowest BCUT2D eigenvalue weighted by molar-refractivity contribution is 0.279. The van der Waals surface area contributed by atoms with E-state index in [1.807, 2.05) is 97.6 Å². The van der Waals surface area contributed by atoms with Crippen LogP contribution in [0.3, 0.4) is 0 Å². The number of ether oxygens (including phenoxy) is 4. The standard InChI is InChI=1S/C54H74N4O4/c1-3-5-7-9-11-17-24-45-41-55-53(56-42-45)47-28-32-49(33-29-47)59-36-19-13-15-21-38-61-51-26-23-27-52(40-51)62-39-22-16-14-20-37-60-50-34-30-48(31-35-50)54-57-43-46(44-58-54)25-18-12-10-8-6-4-2/h23,26-35,40-44H,3-22,24-25,36-39H2,1-2H3. The lowest BCUT2D eigenvalue weighted by Crippen LogP contribution is -2.01. The van der Waals surface area contributed by atoms with E-state index in [2.05, 4.69) is 33.8 Å². The topological polar surface area (TPSA) is 88.5 Å². The molecule has 5 rings (SSSR count). The van der Waals surface area contributed by atoms with Crippen LogP contribution >= 0.6 is 0 Å². The molecule has 0 spiro atoms. The molecule has 0 aliphatic rings. The zero-order valence-electron chi connectivity index (χ0n) is 38.0. The van der Waals surface area contributed by atoms with Crippen molar-refractivity contribution >= 4 is 0 Å². The SMILES string of the molecule is CCCCCCCCc1cnc(-c2ccc(OCCCCCCOc3cccc(OCCCCCCOc4ccc(-c5ncc(CCCCCCCC)cn5)cc4)c3)cc2)nc1. The zero-order chi connectivity index (χ0) is 43.1. The van der Waals surface area contributed by atoms with Gasteiger partial charge in [0.15, 0.2) is 11.6 Å². The van der Waals surface area contributed by atoms with Gasteiger partial charge in [-0.15, -0.1) is 0 Å². The largest absolute Gasteiger partial charge is 0.494 e. The molecule has 0 amide bonds. The van der Waals surface area contributed by atoms with Crippen molar-refractivity contribution in [3.8, 4) is 45.8 Å². The van der Waals surface area contributed by atoms with Crippen molar-refractivity contribution in [2.45, 2.75) is 155 Å². The van der Waals surface area contributed by atoms with E-state index in [1.165, 1.54) is 88.2 Å². The first-order valence-corrected chi connectivity index (χ1v) is 24.1. The number of aromatic nitrogens is 4. The molecule has 0 radical (unpaired) electrons. The van der Waals surface area contributed by atoms with Crippen LogP contribution in [0.15, 0.2) is 97.6 Å². The summed E-state index contributed by atoms with van der Waals surface area (Å²) in [6, 6.07) is 24.2. The van der Waals surface area contributed by atoms with Crippen molar-refractivity contribution in [2.24, 2.45) is 0 Å². The van der Waals surface area contributed by atoms with E-state index < -0.39 is 0 Å². The highest BCUT2D eigenvalue weighted by Gasteiger charge is 2.06. The molecule has 8 nitrogen and oxygen atoms in total.